The van der Waals surface area contributed by atoms with Crippen molar-refractivity contribution in [3.63, 3.8) is 0 Å². The Hall–Kier alpha value is -1.96. The Morgan fingerprint density at radius 3 is 2.71 bits per heavy atom. The summed E-state index contributed by atoms with van der Waals surface area (Å²) in [6, 6.07) is 1.91. The molecule has 2 heterocycles. The van der Waals surface area contributed by atoms with Gasteiger partial charge in [-0.3, -0.25) is 0 Å². The van der Waals surface area contributed by atoms with Gasteiger partial charge in [-0.1, -0.05) is 0 Å². The van der Waals surface area contributed by atoms with Crippen molar-refractivity contribution in [1.29, 1.82) is 0 Å². The van der Waals surface area contributed by atoms with E-state index in [1.807, 2.05) is 0 Å². The van der Waals surface area contributed by atoms with Gasteiger partial charge in [-0.05, 0) is 18.9 Å². The SMILES string of the molecule is Fc1c(CNC2CC2)ccnc1-n1cc(C(F)(F)F)cn1. The van der Waals surface area contributed by atoms with Gasteiger partial charge in [0.25, 0.3) is 0 Å². The number of halogens is 4. The largest absolute Gasteiger partial charge is 0.419 e. The molecule has 0 aromatic carbocycles. The fourth-order valence-electron chi connectivity index (χ4n) is 1.89. The van der Waals surface area contributed by atoms with Crippen LogP contribution in [0.5, 0.6) is 0 Å². The third-order valence-corrected chi connectivity index (χ3v) is 3.24. The quantitative estimate of drug-likeness (QED) is 0.883. The maximum Gasteiger partial charge on any atom is 0.419 e. The summed E-state index contributed by atoms with van der Waals surface area (Å²) in [4.78, 5) is 3.78. The van der Waals surface area contributed by atoms with Gasteiger partial charge < -0.3 is 5.32 Å². The predicted octanol–water partition coefficient (Wildman–Crippen LogP) is 2.68. The summed E-state index contributed by atoms with van der Waals surface area (Å²) >= 11 is 0. The zero-order chi connectivity index (χ0) is 15.0. The molecule has 112 valence electrons. The summed E-state index contributed by atoms with van der Waals surface area (Å²) in [6.07, 6.45) is 0.345. The average Bonchev–Trinajstić information content (AvgIpc) is 3.10. The molecule has 1 aliphatic carbocycles. The molecule has 0 atom stereocenters. The first-order valence-electron chi connectivity index (χ1n) is 6.44. The van der Waals surface area contributed by atoms with Gasteiger partial charge in [-0.25, -0.2) is 14.1 Å². The maximum atomic E-state index is 14.3. The van der Waals surface area contributed by atoms with Crippen LogP contribution in [0.3, 0.4) is 0 Å². The number of rotatable bonds is 4. The first-order chi connectivity index (χ1) is 9.95. The lowest BCUT2D eigenvalue weighted by Crippen LogP contribution is -2.17. The minimum absolute atomic E-state index is 0.236. The summed E-state index contributed by atoms with van der Waals surface area (Å²) < 4.78 is 52.7. The zero-order valence-electron chi connectivity index (χ0n) is 10.9. The molecule has 3 rings (SSSR count). The minimum atomic E-state index is -4.51. The highest BCUT2D eigenvalue weighted by atomic mass is 19.4. The van der Waals surface area contributed by atoms with Crippen molar-refractivity contribution in [3.05, 3.63) is 41.6 Å². The van der Waals surface area contributed by atoms with Crippen LogP contribution in [0.2, 0.25) is 0 Å². The van der Waals surface area contributed by atoms with Crippen molar-refractivity contribution in [2.45, 2.75) is 31.6 Å². The van der Waals surface area contributed by atoms with Crippen LogP contribution >= 0.6 is 0 Å². The third kappa shape index (κ3) is 3.05. The van der Waals surface area contributed by atoms with Crippen molar-refractivity contribution in [2.75, 3.05) is 0 Å². The van der Waals surface area contributed by atoms with Crippen LogP contribution in [-0.2, 0) is 12.7 Å². The molecule has 0 amide bonds. The van der Waals surface area contributed by atoms with Crippen molar-refractivity contribution >= 4 is 0 Å². The molecule has 0 saturated heterocycles. The molecule has 0 spiro atoms. The first kappa shape index (κ1) is 14.0. The Balaban J connectivity index is 1.87. The van der Waals surface area contributed by atoms with E-state index >= 15 is 0 Å². The molecule has 1 aliphatic rings. The summed E-state index contributed by atoms with van der Waals surface area (Å²) in [5.74, 6) is -0.900. The molecule has 1 saturated carbocycles. The van der Waals surface area contributed by atoms with Crippen LogP contribution in [0.15, 0.2) is 24.7 Å². The second kappa shape index (κ2) is 5.10. The molecule has 0 aliphatic heterocycles. The highest BCUT2D eigenvalue weighted by Crippen LogP contribution is 2.29. The molecular formula is C13H12F4N4. The molecule has 1 fully saturated rings. The summed E-state index contributed by atoms with van der Waals surface area (Å²) in [6.45, 7) is 0.319. The van der Waals surface area contributed by atoms with Gasteiger partial charge in [0.15, 0.2) is 11.6 Å². The van der Waals surface area contributed by atoms with Crippen LogP contribution < -0.4 is 5.32 Å². The Bertz CT molecular complexity index is 646. The van der Waals surface area contributed by atoms with Gasteiger partial charge in [-0.15, -0.1) is 0 Å². The molecule has 21 heavy (non-hydrogen) atoms. The lowest BCUT2D eigenvalue weighted by Gasteiger charge is -2.08. The summed E-state index contributed by atoms with van der Waals surface area (Å²) in [7, 11) is 0. The zero-order valence-corrected chi connectivity index (χ0v) is 10.9. The predicted molar refractivity (Wildman–Crippen MR) is 66.2 cm³/mol. The second-order valence-corrected chi connectivity index (χ2v) is 4.93. The van der Waals surface area contributed by atoms with Gasteiger partial charge >= 0.3 is 6.18 Å². The lowest BCUT2D eigenvalue weighted by atomic mass is 10.2. The van der Waals surface area contributed by atoms with Crippen LogP contribution in [0.1, 0.15) is 24.0 Å². The summed E-state index contributed by atoms with van der Waals surface area (Å²) in [5, 5.41) is 6.68. The maximum absolute atomic E-state index is 14.3. The molecule has 1 N–H and O–H groups in total. The smallest absolute Gasteiger partial charge is 0.310 e. The van der Waals surface area contributed by atoms with Crippen molar-refractivity contribution in [1.82, 2.24) is 20.1 Å². The van der Waals surface area contributed by atoms with Gasteiger partial charge in [0.05, 0.1) is 11.8 Å². The van der Waals surface area contributed by atoms with E-state index in [1.165, 1.54) is 12.3 Å². The van der Waals surface area contributed by atoms with Crippen LogP contribution in [0.25, 0.3) is 5.82 Å². The van der Waals surface area contributed by atoms with Crippen molar-refractivity contribution in [2.24, 2.45) is 0 Å². The molecule has 0 radical (unpaired) electrons. The molecule has 4 nitrogen and oxygen atoms in total. The first-order valence-corrected chi connectivity index (χ1v) is 6.44. The van der Waals surface area contributed by atoms with Crippen LogP contribution in [-0.4, -0.2) is 20.8 Å². The van der Waals surface area contributed by atoms with Gasteiger partial charge in [-0.2, -0.15) is 18.3 Å². The van der Waals surface area contributed by atoms with E-state index in [0.29, 0.717) is 24.3 Å². The van der Waals surface area contributed by atoms with Crippen LogP contribution in [0.4, 0.5) is 17.6 Å². The Morgan fingerprint density at radius 1 is 1.33 bits per heavy atom. The standard InChI is InChI=1S/C13H12F4N4/c14-11-8(5-19-10-1-2-10)3-4-18-12(11)21-7-9(6-20-21)13(15,16)17/h3-4,6-7,10,19H,1-2,5H2. The topological polar surface area (TPSA) is 42.7 Å². The van der Waals surface area contributed by atoms with Gasteiger partial charge in [0.1, 0.15) is 0 Å². The number of nitrogens with zero attached hydrogens (tertiary/aromatic N) is 3. The molecule has 2 aromatic heterocycles. The van der Waals surface area contributed by atoms with E-state index < -0.39 is 17.6 Å². The highest BCUT2D eigenvalue weighted by Gasteiger charge is 2.32. The monoisotopic (exact) mass is 300 g/mol. The number of hydrogen-bond donors (Lipinski definition) is 1. The fraction of sp³-hybridized carbons (Fsp3) is 0.385. The number of aromatic nitrogens is 3. The minimum Gasteiger partial charge on any atom is -0.310 e. The van der Waals surface area contributed by atoms with E-state index in [2.05, 4.69) is 15.4 Å². The second-order valence-electron chi connectivity index (χ2n) is 4.93. The third-order valence-electron chi connectivity index (χ3n) is 3.24. The highest BCUT2D eigenvalue weighted by molar-refractivity contribution is 5.31. The molecule has 0 bridgehead atoms. The number of hydrogen-bond acceptors (Lipinski definition) is 3. The van der Waals surface area contributed by atoms with Gasteiger partial charge in [0.2, 0.25) is 0 Å². The molecule has 8 heteroatoms. The van der Waals surface area contributed by atoms with Crippen molar-refractivity contribution < 1.29 is 17.6 Å². The molecular weight excluding hydrogens is 288 g/mol. The normalized spacial score (nSPS) is 15.4. The van der Waals surface area contributed by atoms with Crippen molar-refractivity contribution in [3.8, 4) is 5.82 Å². The number of alkyl halides is 3. The van der Waals surface area contributed by atoms with E-state index in [9.17, 15) is 17.6 Å². The fourth-order valence-corrected chi connectivity index (χ4v) is 1.89. The summed E-state index contributed by atoms with van der Waals surface area (Å²) in [5.41, 5.74) is -0.582. The van der Waals surface area contributed by atoms with E-state index in [1.54, 1.807) is 0 Å². The number of pyridine rings is 1. The average molecular weight is 300 g/mol. The van der Waals surface area contributed by atoms with Gasteiger partial charge in [0, 0.05) is 30.5 Å². The van der Waals surface area contributed by atoms with Crippen LogP contribution in [0, 0.1) is 5.82 Å². The Morgan fingerprint density at radius 2 is 2.10 bits per heavy atom. The number of nitrogens with one attached hydrogen (secondary N) is 1. The molecule has 0 unspecified atom stereocenters. The Labute approximate surface area is 117 Å². The molecule has 2 aromatic rings. The Kier molecular flexibility index (Phi) is 3.40. The van der Waals surface area contributed by atoms with E-state index in [0.717, 1.165) is 23.7 Å². The lowest BCUT2D eigenvalue weighted by molar-refractivity contribution is -0.137. The van der Waals surface area contributed by atoms with E-state index in [-0.39, 0.29) is 5.82 Å². The van der Waals surface area contributed by atoms with E-state index in [4.69, 9.17) is 0 Å².